The fourth-order valence-corrected chi connectivity index (χ4v) is 6.99. The Morgan fingerprint density at radius 1 is 0.509 bits per heavy atom. The summed E-state index contributed by atoms with van der Waals surface area (Å²) in [5, 5.41) is 103. The maximum Gasteiger partial charge on any atom is 0.217 e. The van der Waals surface area contributed by atoms with Crippen LogP contribution in [0.3, 0.4) is 0 Å². The SMILES string of the molecule is CO[C@H]1OC(CO)[C@H](O[C@@H]2OC(CO)C(O[C@H]3OC(CO)[C@H](O[C@@H]4OC(CO)C(O)[C@H](O)C4N)C(O)[C@H]3NC(C)=O)[C@H](O)C2NC(C)=O)C(O)[C@H]1NC(C)=O. The molecule has 55 heavy (non-hydrogen) atoms. The van der Waals surface area contributed by atoms with Crippen LogP contribution in [-0.4, -0.2) is 220 Å². The molecule has 4 saturated heterocycles. The van der Waals surface area contributed by atoms with Crippen molar-refractivity contribution in [3.05, 3.63) is 0 Å². The lowest BCUT2D eigenvalue weighted by atomic mass is 9.93. The molecule has 0 spiro atoms. The van der Waals surface area contributed by atoms with E-state index in [-0.39, 0.29) is 0 Å². The fraction of sp³-hybridized carbons (Fsp3) is 0.903. The minimum Gasteiger partial charge on any atom is -0.394 e. The Labute approximate surface area is 314 Å². The average Bonchev–Trinajstić information content (AvgIpc) is 3.14. The van der Waals surface area contributed by atoms with Gasteiger partial charge in [-0.1, -0.05) is 0 Å². The standard InChI is InChI=1S/C31H54N4O20/c1-9(40)33-17-22(45)26(13(6-37)50-29(17)48-4)54-31-19(35-11(3)42)24(47)27(15(8-39)52-31)55-30-18(34-10(2)41)23(46)25(14(7-38)51-30)53-28-16(32)21(44)20(43)12(5-36)49-28/h12-31,36-39,43-47H,5-8,32H2,1-4H3,(H,33,40)(H,34,41)(H,35,42)/t12?,13?,14?,15?,16?,17-,18-,19?,20?,21-,22?,23?,24-,25+,26+,27?,28+,29+,30-,31+/m1/s1. The van der Waals surface area contributed by atoms with E-state index >= 15 is 0 Å². The van der Waals surface area contributed by atoms with Crippen molar-refractivity contribution in [2.24, 2.45) is 5.73 Å². The quantitative estimate of drug-likeness (QED) is 0.0775. The van der Waals surface area contributed by atoms with Crippen molar-refractivity contribution >= 4 is 17.7 Å². The molecule has 0 aromatic heterocycles. The topological polar surface area (TPSA) is 369 Å². The number of ether oxygens (including phenoxy) is 8. The van der Waals surface area contributed by atoms with Crippen LogP contribution in [0.1, 0.15) is 20.8 Å². The Bertz CT molecular complexity index is 1270. The third kappa shape index (κ3) is 10.2. The van der Waals surface area contributed by atoms with Crippen molar-refractivity contribution in [3.63, 3.8) is 0 Å². The number of nitrogens with one attached hydrogen (secondary N) is 3. The van der Waals surface area contributed by atoms with Crippen molar-refractivity contribution in [1.82, 2.24) is 16.0 Å². The smallest absolute Gasteiger partial charge is 0.217 e. The molecule has 318 valence electrons. The maximum absolute atomic E-state index is 12.4. The summed E-state index contributed by atoms with van der Waals surface area (Å²) < 4.78 is 46.1. The molecule has 10 unspecified atom stereocenters. The zero-order valence-corrected chi connectivity index (χ0v) is 30.5. The van der Waals surface area contributed by atoms with Gasteiger partial charge < -0.3 is 106 Å². The molecule has 24 nitrogen and oxygen atoms in total. The highest BCUT2D eigenvalue weighted by Crippen LogP contribution is 2.34. The van der Waals surface area contributed by atoms with Crippen LogP contribution in [0.2, 0.25) is 0 Å². The molecule has 0 bridgehead atoms. The van der Waals surface area contributed by atoms with Gasteiger partial charge in [0.25, 0.3) is 0 Å². The number of hydrogen-bond acceptors (Lipinski definition) is 21. The number of methoxy groups -OCH3 is 1. The summed E-state index contributed by atoms with van der Waals surface area (Å²) in [4.78, 5) is 36.6. The Balaban J connectivity index is 1.59. The third-order valence-corrected chi connectivity index (χ3v) is 9.70. The Kier molecular flexibility index (Phi) is 16.4. The van der Waals surface area contributed by atoms with Gasteiger partial charge in [-0.25, -0.2) is 0 Å². The molecule has 0 aromatic rings. The monoisotopic (exact) mass is 802 g/mol. The van der Waals surface area contributed by atoms with Crippen molar-refractivity contribution < 1.29 is 98.2 Å². The van der Waals surface area contributed by atoms with Gasteiger partial charge in [-0.05, 0) is 0 Å². The predicted molar refractivity (Wildman–Crippen MR) is 175 cm³/mol. The van der Waals surface area contributed by atoms with Crippen LogP contribution in [0.5, 0.6) is 0 Å². The first kappa shape index (κ1) is 45.4. The molecule has 0 saturated carbocycles. The largest absolute Gasteiger partial charge is 0.394 e. The number of aliphatic hydroxyl groups excluding tert-OH is 9. The predicted octanol–water partition coefficient (Wildman–Crippen LogP) is -8.70. The van der Waals surface area contributed by atoms with E-state index in [0.717, 1.165) is 13.8 Å². The van der Waals surface area contributed by atoms with Gasteiger partial charge in [0.15, 0.2) is 25.2 Å². The van der Waals surface area contributed by atoms with E-state index in [1.54, 1.807) is 0 Å². The summed E-state index contributed by atoms with van der Waals surface area (Å²) in [5.74, 6) is -1.98. The van der Waals surface area contributed by atoms with Crippen LogP contribution in [0.15, 0.2) is 0 Å². The van der Waals surface area contributed by atoms with Gasteiger partial charge in [0, 0.05) is 27.9 Å². The van der Waals surface area contributed by atoms with Crippen molar-refractivity contribution in [1.29, 1.82) is 0 Å². The van der Waals surface area contributed by atoms with Crippen LogP contribution < -0.4 is 21.7 Å². The molecule has 3 amide bonds. The van der Waals surface area contributed by atoms with Crippen molar-refractivity contribution in [3.8, 4) is 0 Å². The number of carbonyl (C=O) groups is 3. The zero-order valence-electron chi connectivity index (χ0n) is 30.5. The minimum absolute atomic E-state index is 0.564. The van der Waals surface area contributed by atoms with E-state index in [2.05, 4.69) is 16.0 Å². The first-order chi connectivity index (χ1) is 26.0. The highest BCUT2D eigenvalue weighted by atomic mass is 16.8. The van der Waals surface area contributed by atoms with Gasteiger partial charge >= 0.3 is 0 Å². The van der Waals surface area contributed by atoms with E-state index < -0.39 is 167 Å². The van der Waals surface area contributed by atoms with Gasteiger partial charge in [0.1, 0.15) is 91.4 Å². The fourth-order valence-electron chi connectivity index (χ4n) is 6.99. The summed E-state index contributed by atoms with van der Waals surface area (Å²) >= 11 is 0. The summed E-state index contributed by atoms with van der Waals surface area (Å²) in [5.41, 5.74) is 5.99. The second-order valence-electron chi connectivity index (χ2n) is 13.6. The Morgan fingerprint density at radius 2 is 0.818 bits per heavy atom. The van der Waals surface area contributed by atoms with E-state index in [1.807, 2.05) is 0 Å². The minimum atomic E-state index is -1.84. The van der Waals surface area contributed by atoms with Gasteiger partial charge in [0.05, 0.1) is 32.5 Å². The van der Waals surface area contributed by atoms with E-state index in [0.29, 0.717) is 0 Å². The molecular weight excluding hydrogens is 748 g/mol. The molecule has 0 radical (unpaired) electrons. The van der Waals surface area contributed by atoms with E-state index in [9.17, 15) is 60.3 Å². The highest BCUT2D eigenvalue weighted by Gasteiger charge is 2.56. The molecule has 4 aliphatic heterocycles. The van der Waals surface area contributed by atoms with E-state index in [1.165, 1.54) is 14.0 Å². The molecule has 4 heterocycles. The lowest BCUT2D eigenvalue weighted by Crippen LogP contribution is -2.71. The van der Waals surface area contributed by atoms with Crippen LogP contribution in [-0.2, 0) is 52.3 Å². The Hall–Kier alpha value is -2.31. The molecule has 14 N–H and O–H groups in total. The molecule has 24 heteroatoms. The summed E-state index contributed by atoms with van der Waals surface area (Å²) in [6.07, 6.45) is -25.0. The normalized spacial score (nSPS) is 45.1. The first-order valence-electron chi connectivity index (χ1n) is 17.5. The van der Waals surface area contributed by atoms with Gasteiger partial charge in [0.2, 0.25) is 17.7 Å². The zero-order chi connectivity index (χ0) is 40.9. The summed E-state index contributed by atoms with van der Waals surface area (Å²) in [7, 11) is 1.24. The van der Waals surface area contributed by atoms with Crippen LogP contribution >= 0.6 is 0 Å². The lowest BCUT2D eigenvalue weighted by Gasteiger charge is -2.50. The average molecular weight is 803 g/mol. The van der Waals surface area contributed by atoms with Gasteiger partial charge in [-0.2, -0.15) is 0 Å². The highest BCUT2D eigenvalue weighted by molar-refractivity contribution is 5.74. The summed E-state index contributed by atoms with van der Waals surface area (Å²) in [6.45, 7) is 0.174. The Morgan fingerprint density at radius 3 is 1.15 bits per heavy atom. The third-order valence-electron chi connectivity index (χ3n) is 9.70. The van der Waals surface area contributed by atoms with E-state index in [4.69, 9.17) is 43.6 Å². The molecule has 20 atom stereocenters. The van der Waals surface area contributed by atoms with Crippen molar-refractivity contribution in [2.75, 3.05) is 33.5 Å². The van der Waals surface area contributed by atoms with Gasteiger partial charge in [-0.3, -0.25) is 14.4 Å². The molecule has 4 rings (SSSR count). The molecule has 0 aromatic carbocycles. The molecule has 0 aliphatic carbocycles. The number of amides is 3. The second-order valence-corrected chi connectivity index (χ2v) is 13.6. The van der Waals surface area contributed by atoms with Crippen LogP contribution in [0.25, 0.3) is 0 Å². The number of hydrogen-bond donors (Lipinski definition) is 13. The second kappa shape index (κ2) is 19.9. The van der Waals surface area contributed by atoms with Gasteiger partial charge in [-0.15, -0.1) is 0 Å². The summed E-state index contributed by atoms with van der Waals surface area (Å²) in [6, 6.07) is -5.72. The van der Waals surface area contributed by atoms with Crippen LogP contribution in [0, 0.1) is 0 Å². The molecular formula is C31H54N4O20. The number of rotatable bonds is 14. The maximum atomic E-state index is 12.4. The first-order valence-corrected chi connectivity index (χ1v) is 17.5. The number of nitrogens with two attached hydrogens (primary N) is 1. The lowest BCUT2D eigenvalue weighted by molar-refractivity contribution is -0.362. The number of aliphatic hydroxyl groups is 9. The van der Waals surface area contributed by atoms with Crippen molar-refractivity contribution in [2.45, 2.75) is 143 Å². The molecule has 4 fully saturated rings. The van der Waals surface area contributed by atoms with Crippen LogP contribution in [0.4, 0.5) is 0 Å². The number of carbonyl (C=O) groups excluding carboxylic acids is 3. The molecule has 4 aliphatic rings.